The Morgan fingerprint density at radius 3 is 2.53 bits per heavy atom. The third kappa shape index (κ3) is 2.32. The van der Waals surface area contributed by atoms with Gasteiger partial charge in [0.05, 0.1) is 9.81 Å². The van der Waals surface area contributed by atoms with Gasteiger partial charge in [0.15, 0.2) is 5.72 Å². The molecule has 1 unspecified atom stereocenters. The molecule has 0 fully saturated rings. The second kappa shape index (κ2) is 4.92. The first kappa shape index (κ1) is 12.8. The fourth-order valence-corrected chi connectivity index (χ4v) is 3.25. The second-order valence-electron chi connectivity index (χ2n) is 3.85. The standard InChI is InChI=1S/C12H11Br2NO2/c13-8-12(17)10(14)6-11(16)15(12)7-9-4-2-1-3-5-9/h1-6,17H,7-8H2. The maximum atomic E-state index is 11.8. The van der Waals surface area contributed by atoms with Crippen LogP contribution in [0.1, 0.15) is 5.56 Å². The van der Waals surface area contributed by atoms with Crippen molar-refractivity contribution in [2.45, 2.75) is 12.3 Å². The summed E-state index contributed by atoms with van der Waals surface area (Å²) in [5.74, 6) is -0.192. The Kier molecular flexibility index (Phi) is 3.70. The van der Waals surface area contributed by atoms with E-state index in [0.717, 1.165) is 5.56 Å². The number of hydrogen-bond acceptors (Lipinski definition) is 2. The van der Waals surface area contributed by atoms with E-state index in [9.17, 15) is 9.90 Å². The number of hydrogen-bond donors (Lipinski definition) is 1. The Bertz CT molecular complexity index is 461. The average molecular weight is 361 g/mol. The molecule has 1 amide bonds. The summed E-state index contributed by atoms with van der Waals surface area (Å²) >= 11 is 6.47. The monoisotopic (exact) mass is 359 g/mol. The highest BCUT2D eigenvalue weighted by atomic mass is 79.9. The minimum absolute atomic E-state index is 0.192. The van der Waals surface area contributed by atoms with Gasteiger partial charge in [-0.2, -0.15) is 0 Å². The third-order valence-electron chi connectivity index (χ3n) is 2.72. The Morgan fingerprint density at radius 1 is 1.29 bits per heavy atom. The van der Waals surface area contributed by atoms with Gasteiger partial charge in [-0.1, -0.05) is 62.2 Å². The zero-order valence-corrected chi connectivity index (χ0v) is 12.1. The molecular weight excluding hydrogens is 350 g/mol. The number of carbonyl (C=O) groups excluding carboxylic acids is 1. The van der Waals surface area contributed by atoms with Crippen molar-refractivity contribution in [1.29, 1.82) is 0 Å². The van der Waals surface area contributed by atoms with Gasteiger partial charge in [0, 0.05) is 12.6 Å². The molecular formula is C12H11Br2NO2. The molecule has 3 nitrogen and oxygen atoms in total. The number of rotatable bonds is 3. The largest absolute Gasteiger partial charge is 0.366 e. The van der Waals surface area contributed by atoms with Crippen LogP contribution in [0.5, 0.6) is 0 Å². The summed E-state index contributed by atoms with van der Waals surface area (Å²) in [6.07, 6.45) is 1.41. The van der Waals surface area contributed by atoms with Crippen LogP contribution in [-0.4, -0.2) is 27.0 Å². The fraction of sp³-hybridized carbons (Fsp3) is 0.250. The second-order valence-corrected chi connectivity index (χ2v) is 5.27. The first-order chi connectivity index (χ1) is 8.08. The number of nitrogens with zero attached hydrogens (tertiary/aromatic N) is 1. The number of benzene rings is 1. The summed E-state index contributed by atoms with van der Waals surface area (Å²) in [5.41, 5.74) is -0.303. The van der Waals surface area contributed by atoms with E-state index in [0.29, 0.717) is 11.0 Å². The van der Waals surface area contributed by atoms with Crippen LogP contribution in [0.25, 0.3) is 0 Å². The van der Waals surface area contributed by atoms with Crippen LogP contribution >= 0.6 is 31.9 Å². The molecule has 90 valence electrons. The van der Waals surface area contributed by atoms with Gasteiger partial charge in [-0.05, 0) is 5.56 Å². The summed E-state index contributed by atoms with van der Waals surface area (Å²) in [5, 5.41) is 10.7. The zero-order valence-electron chi connectivity index (χ0n) is 8.94. The molecule has 1 heterocycles. The highest BCUT2D eigenvalue weighted by molar-refractivity contribution is 9.12. The lowest BCUT2D eigenvalue weighted by molar-refractivity contribution is -0.139. The van der Waals surface area contributed by atoms with Crippen molar-refractivity contribution < 1.29 is 9.90 Å². The van der Waals surface area contributed by atoms with Gasteiger partial charge >= 0.3 is 0 Å². The number of amides is 1. The third-order valence-corrected chi connectivity index (χ3v) is 4.36. The maximum absolute atomic E-state index is 11.8. The summed E-state index contributed by atoms with van der Waals surface area (Å²) in [6.45, 7) is 0.382. The first-order valence-corrected chi connectivity index (χ1v) is 7.01. The van der Waals surface area contributed by atoms with Gasteiger partial charge in [0.1, 0.15) is 0 Å². The average Bonchev–Trinajstić information content (AvgIpc) is 2.55. The zero-order chi connectivity index (χ0) is 12.5. The van der Waals surface area contributed by atoms with E-state index < -0.39 is 5.72 Å². The minimum atomic E-state index is -1.28. The van der Waals surface area contributed by atoms with Crippen molar-refractivity contribution in [2.24, 2.45) is 0 Å². The van der Waals surface area contributed by atoms with E-state index >= 15 is 0 Å². The van der Waals surface area contributed by atoms with Crippen LogP contribution in [0, 0.1) is 0 Å². The molecule has 0 saturated heterocycles. The summed E-state index contributed by atoms with van der Waals surface area (Å²) in [4.78, 5) is 13.2. The van der Waals surface area contributed by atoms with Crippen molar-refractivity contribution in [3.05, 3.63) is 46.5 Å². The van der Waals surface area contributed by atoms with Crippen LogP contribution in [0.4, 0.5) is 0 Å². The molecule has 1 aliphatic rings. The van der Waals surface area contributed by atoms with Crippen LogP contribution in [0.2, 0.25) is 0 Å². The molecule has 1 aromatic carbocycles. The Morgan fingerprint density at radius 2 is 1.94 bits per heavy atom. The Balaban J connectivity index is 2.24. The van der Waals surface area contributed by atoms with Crippen LogP contribution in [0.15, 0.2) is 40.9 Å². The van der Waals surface area contributed by atoms with Gasteiger partial charge in [-0.25, -0.2) is 0 Å². The summed E-state index contributed by atoms with van der Waals surface area (Å²) in [7, 11) is 0. The van der Waals surface area contributed by atoms with Crippen molar-refractivity contribution in [3.63, 3.8) is 0 Å². The van der Waals surface area contributed by atoms with Crippen molar-refractivity contribution in [3.8, 4) is 0 Å². The van der Waals surface area contributed by atoms with Crippen molar-refractivity contribution in [2.75, 3.05) is 5.33 Å². The lowest BCUT2D eigenvalue weighted by Gasteiger charge is -2.33. The normalized spacial score (nSPS) is 24.1. The number of aliphatic hydroxyl groups is 1. The van der Waals surface area contributed by atoms with Crippen LogP contribution < -0.4 is 0 Å². The molecule has 0 aromatic heterocycles. The molecule has 5 heteroatoms. The molecule has 1 atom stereocenters. The molecule has 2 rings (SSSR count). The van der Waals surface area contributed by atoms with Crippen molar-refractivity contribution >= 4 is 37.8 Å². The van der Waals surface area contributed by atoms with Crippen LogP contribution in [0.3, 0.4) is 0 Å². The highest BCUT2D eigenvalue weighted by Crippen LogP contribution is 2.35. The summed E-state index contributed by atoms with van der Waals surface area (Å²) < 4.78 is 0.489. The fourth-order valence-electron chi connectivity index (χ4n) is 1.72. The van der Waals surface area contributed by atoms with Gasteiger partial charge in [-0.15, -0.1) is 0 Å². The smallest absolute Gasteiger partial charge is 0.250 e. The number of alkyl halides is 1. The SMILES string of the molecule is O=C1C=C(Br)C(O)(CBr)N1Cc1ccccc1. The highest BCUT2D eigenvalue weighted by Gasteiger charge is 2.44. The summed E-state index contributed by atoms with van der Waals surface area (Å²) in [6, 6.07) is 9.58. The van der Waals surface area contributed by atoms with E-state index in [1.54, 1.807) is 0 Å². The lowest BCUT2D eigenvalue weighted by atomic mass is 10.2. The molecule has 1 aliphatic heterocycles. The van der Waals surface area contributed by atoms with Gasteiger partial charge in [0.25, 0.3) is 0 Å². The van der Waals surface area contributed by atoms with Gasteiger partial charge in [0.2, 0.25) is 5.91 Å². The molecule has 0 radical (unpaired) electrons. The lowest BCUT2D eigenvalue weighted by Crippen LogP contribution is -2.48. The molecule has 1 N–H and O–H groups in total. The van der Waals surface area contributed by atoms with E-state index in [1.165, 1.54) is 11.0 Å². The van der Waals surface area contributed by atoms with Gasteiger partial charge in [-0.3, -0.25) is 4.79 Å². The Labute approximate surface area is 116 Å². The Hall–Kier alpha value is -0.650. The van der Waals surface area contributed by atoms with E-state index in [1.807, 2.05) is 30.3 Å². The van der Waals surface area contributed by atoms with Crippen LogP contribution in [-0.2, 0) is 11.3 Å². The molecule has 0 aliphatic carbocycles. The van der Waals surface area contributed by atoms with E-state index in [4.69, 9.17) is 0 Å². The van der Waals surface area contributed by atoms with Crippen molar-refractivity contribution in [1.82, 2.24) is 4.90 Å². The maximum Gasteiger partial charge on any atom is 0.250 e. The van der Waals surface area contributed by atoms with Gasteiger partial charge < -0.3 is 10.0 Å². The molecule has 0 spiro atoms. The molecule has 1 aromatic rings. The quantitative estimate of drug-likeness (QED) is 0.841. The predicted molar refractivity (Wildman–Crippen MR) is 72.7 cm³/mol. The topological polar surface area (TPSA) is 40.5 Å². The number of carbonyl (C=O) groups is 1. The molecule has 0 bridgehead atoms. The number of halogens is 2. The molecule has 17 heavy (non-hydrogen) atoms. The first-order valence-electron chi connectivity index (χ1n) is 5.09. The van der Waals surface area contributed by atoms with E-state index in [-0.39, 0.29) is 11.2 Å². The van der Waals surface area contributed by atoms with E-state index in [2.05, 4.69) is 31.9 Å². The predicted octanol–water partition coefficient (Wildman–Crippen LogP) is 2.39. The minimum Gasteiger partial charge on any atom is -0.366 e. The molecule has 0 saturated carbocycles.